The second-order valence-corrected chi connectivity index (χ2v) is 11.4. The molecule has 1 fully saturated rings. The Morgan fingerprint density at radius 3 is 2.27 bits per heavy atom. The highest BCUT2D eigenvalue weighted by atomic mass is 35.5. The lowest BCUT2D eigenvalue weighted by Crippen LogP contribution is -2.49. The molecule has 2 rings (SSSR count). The number of hydrogen-bond acceptors (Lipinski definition) is 6. The SMILES string of the molecule is COCCCOc1cc(CCCCCCC(C(=O)NCCC(=O)N2CCOCC2)(C(C)C)C(C)C)ccc1OC.Cl. The van der Waals surface area contributed by atoms with Crippen molar-refractivity contribution in [2.24, 2.45) is 17.3 Å². The molecule has 0 radical (unpaired) electrons. The molecule has 1 saturated heterocycles. The van der Waals surface area contributed by atoms with Crippen LogP contribution in [0.15, 0.2) is 18.2 Å². The summed E-state index contributed by atoms with van der Waals surface area (Å²) in [5.41, 5.74) is 0.805. The van der Waals surface area contributed by atoms with Crippen LogP contribution in [0.5, 0.6) is 11.5 Å². The van der Waals surface area contributed by atoms with Crippen LogP contribution >= 0.6 is 12.4 Å². The average Bonchev–Trinajstić information content (AvgIpc) is 2.95. The van der Waals surface area contributed by atoms with E-state index in [1.54, 1.807) is 14.2 Å². The Bertz CT molecular complexity index is 881. The maximum atomic E-state index is 13.5. The summed E-state index contributed by atoms with van der Waals surface area (Å²) in [4.78, 5) is 27.8. The van der Waals surface area contributed by atoms with Crippen molar-refractivity contribution in [2.75, 3.05) is 60.3 Å². The van der Waals surface area contributed by atoms with Crippen LogP contribution in [0.25, 0.3) is 0 Å². The van der Waals surface area contributed by atoms with Crippen LogP contribution in [0.2, 0.25) is 0 Å². The molecule has 1 heterocycles. The molecule has 0 spiro atoms. The van der Waals surface area contributed by atoms with Gasteiger partial charge in [-0.25, -0.2) is 0 Å². The van der Waals surface area contributed by atoms with E-state index in [1.165, 1.54) is 5.56 Å². The number of methoxy groups -OCH3 is 2. The quantitative estimate of drug-likeness (QED) is 0.206. The molecular formula is C32H55ClN2O6. The van der Waals surface area contributed by atoms with Crippen molar-refractivity contribution >= 4 is 24.2 Å². The van der Waals surface area contributed by atoms with E-state index in [0.717, 1.165) is 56.4 Å². The van der Waals surface area contributed by atoms with Gasteiger partial charge in [-0.05, 0) is 48.8 Å². The van der Waals surface area contributed by atoms with Gasteiger partial charge in [0.05, 0.1) is 32.3 Å². The highest BCUT2D eigenvalue weighted by Gasteiger charge is 2.43. The van der Waals surface area contributed by atoms with Gasteiger partial charge in [-0.3, -0.25) is 9.59 Å². The number of ether oxygens (including phenoxy) is 4. The standard InChI is InChI=1S/C32H54N2O6.ClH/c1-25(2)32(26(3)4,31(36)33-17-15-30(35)34-18-22-39-23-19-34)16-10-8-7-9-12-27-13-14-28(38-6)29(24-27)40-21-11-20-37-5;/h13-14,24-26H,7-12,15-23H2,1-6H3,(H,33,36);1H. The molecule has 9 heteroatoms. The summed E-state index contributed by atoms with van der Waals surface area (Å²) in [6.45, 7) is 12.7. The average molecular weight is 599 g/mol. The van der Waals surface area contributed by atoms with Crippen LogP contribution in [0.4, 0.5) is 0 Å². The number of halogens is 1. The molecule has 0 aromatic heterocycles. The number of benzene rings is 1. The zero-order chi connectivity index (χ0) is 29.4. The third kappa shape index (κ3) is 11.6. The van der Waals surface area contributed by atoms with Gasteiger partial charge >= 0.3 is 0 Å². The molecule has 1 aliphatic rings. The van der Waals surface area contributed by atoms with Crippen LogP contribution in [-0.2, 0) is 25.5 Å². The first-order valence-corrected chi connectivity index (χ1v) is 15.2. The molecule has 1 aromatic carbocycles. The van der Waals surface area contributed by atoms with Gasteiger partial charge in [0.25, 0.3) is 0 Å². The minimum Gasteiger partial charge on any atom is -0.493 e. The number of nitrogens with zero attached hydrogens (tertiary/aromatic N) is 1. The minimum absolute atomic E-state index is 0. The summed E-state index contributed by atoms with van der Waals surface area (Å²) in [7, 11) is 3.36. The van der Waals surface area contributed by atoms with Crippen molar-refractivity contribution in [3.8, 4) is 11.5 Å². The Labute approximate surface area is 254 Å². The first-order valence-electron chi connectivity index (χ1n) is 15.2. The van der Waals surface area contributed by atoms with Crippen LogP contribution in [0.1, 0.15) is 78.2 Å². The maximum Gasteiger partial charge on any atom is 0.226 e. The second-order valence-electron chi connectivity index (χ2n) is 11.4. The number of unbranched alkanes of at least 4 members (excludes halogenated alkanes) is 3. The zero-order valence-corrected chi connectivity index (χ0v) is 27.1. The summed E-state index contributed by atoms with van der Waals surface area (Å²) in [5.74, 6) is 2.14. The third-order valence-corrected chi connectivity index (χ3v) is 8.26. The van der Waals surface area contributed by atoms with E-state index in [-0.39, 0.29) is 36.1 Å². The number of carbonyl (C=O) groups is 2. The second kappa shape index (κ2) is 20.0. The topological polar surface area (TPSA) is 86.3 Å². The number of hydrogen-bond donors (Lipinski definition) is 1. The molecule has 41 heavy (non-hydrogen) atoms. The summed E-state index contributed by atoms with van der Waals surface area (Å²) < 4.78 is 21.8. The molecule has 236 valence electrons. The number of rotatable bonds is 19. The molecule has 8 nitrogen and oxygen atoms in total. The molecule has 0 bridgehead atoms. The van der Waals surface area contributed by atoms with Gasteiger partial charge < -0.3 is 29.2 Å². The zero-order valence-electron chi connectivity index (χ0n) is 26.3. The summed E-state index contributed by atoms with van der Waals surface area (Å²) in [6, 6.07) is 6.17. The largest absolute Gasteiger partial charge is 0.493 e. The predicted molar refractivity (Wildman–Crippen MR) is 166 cm³/mol. The fourth-order valence-corrected chi connectivity index (χ4v) is 5.78. The lowest BCUT2D eigenvalue weighted by molar-refractivity contribution is -0.138. The Morgan fingerprint density at radius 1 is 0.951 bits per heavy atom. The number of carbonyl (C=O) groups excluding carboxylic acids is 2. The molecule has 1 N–H and O–H groups in total. The number of morpholine rings is 1. The first kappa shape index (κ1) is 37.0. The lowest BCUT2D eigenvalue weighted by Gasteiger charge is -2.40. The molecule has 1 aliphatic heterocycles. The van der Waals surface area contributed by atoms with E-state index >= 15 is 0 Å². The summed E-state index contributed by atoms with van der Waals surface area (Å²) in [6.07, 6.45) is 7.29. The van der Waals surface area contributed by atoms with Crippen molar-refractivity contribution in [1.82, 2.24) is 10.2 Å². The Hall–Kier alpha value is -2.03. The molecular weight excluding hydrogens is 544 g/mol. The normalized spacial score (nSPS) is 13.7. The van der Waals surface area contributed by atoms with Gasteiger partial charge in [-0.15, -0.1) is 12.4 Å². The maximum absolute atomic E-state index is 13.5. The van der Waals surface area contributed by atoms with Crippen LogP contribution in [0.3, 0.4) is 0 Å². The number of nitrogens with one attached hydrogen (secondary N) is 1. The smallest absolute Gasteiger partial charge is 0.226 e. The van der Waals surface area contributed by atoms with Crippen LogP contribution in [0, 0.1) is 17.3 Å². The van der Waals surface area contributed by atoms with Crippen LogP contribution < -0.4 is 14.8 Å². The van der Waals surface area contributed by atoms with Gasteiger partial charge in [0.15, 0.2) is 11.5 Å². The van der Waals surface area contributed by atoms with Crippen molar-refractivity contribution in [1.29, 1.82) is 0 Å². The van der Waals surface area contributed by atoms with Crippen LogP contribution in [-0.4, -0.2) is 77.0 Å². The summed E-state index contributed by atoms with van der Waals surface area (Å²) in [5, 5.41) is 3.12. The number of aryl methyl sites for hydroxylation is 1. The fraction of sp³-hybridized carbons (Fsp3) is 0.750. The van der Waals surface area contributed by atoms with E-state index < -0.39 is 5.41 Å². The molecule has 2 amide bonds. The minimum atomic E-state index is -0.437. The molecule has 1 aromatic rings. The van der Waals surface area contributed by atoms with Gasteiger partial charge in [0.1, 0.15) is 0 Å². The third-order valence-electron chi connectivity index (χ3n) is 8.26. The van der Waals surface area contributed by atoms with E-state index in [1.807, 2.05) is 11.0 Å². The van der Waals surface area contributed by atoms with Gasteiger partial charge in [0, 0.05) is 46.2 Å². The Kier molecular flexibility index (Phi) is 18.0. The fourth-order valence-electron chi connectivity index (χ4n) is 5.78. The van der Waals surface area contributed by atoms with Gasteiger partial charge in [0.2, 0.25) is 11.8 Å². The summed E-state index contributed by atoms with van der Waals surface area (Å²) >= 11 is 0. The predicted octanol–water partition coefficient (Wildman–Crippen LogP) is 5.69. The van der Waals surface area contributed by atoms with Crippen molar-refractivity contribution in [3.05, 3.63) is 23.8 Å². The Morgan fingerprint density at radius 2 is 1.63 bits per heavy atom. The van der Waals surface area contributed by atoms with Gasteiger partial charge in [-0.2, -0.15) is 0 Å². The molecule has 0 unspecified atom stereocenters. The van der Waals surface area contributed by atoms with E-state index in [4.69, 9.17) is 18.9 Å². The van der Waals surface area contributed by atoms with E-state index in [9.17, 15) is 9.59 Å². The van der Waals surface area contributed by atoms with E-state index in [2.05, 4.69) is 45.1 Å². The lowest BCUT2D eigenvalue weighted by atomic mass is 9.65. The highest BCUT2D eigenvalue weighted by molar-refractivity contribution is 5.85. The van der Waals surface area contributed by atoms with Gasteiger partial charge in [-0.1, -0.05) is 53.0 Å². The van der Waals surface area contributed by atoms with E-state index in [0.29, 0.717) is 52.5 Å². The molecule has 0 aliphatic carbocycles. The Balaban J connectivity index is 0.00000840. The molecule has 0 saturated carbocycles. The van der Waals surface area contributed by atoms with Crippen molar-refractivity contribution in [2.45, 2.75) is 79.1 Å². The highest BCUT2D eigenvalue weighted by Crippen LogP contribution is 2.41. The van der Waals surface area contributed by atoms with Crippen molar-refractivity contribution < 1.29 is 28.5 Å². The number of amides is 2. The first-order chi connectivity index (χ1) is 19.3. The monoisotopic (exact) mass is 598 g/mol. The molecule has 0 atom stereocenters. The van der Waals surface area contributed by atoms with Crippen molar-refractivity contribution in [3.63, 3.8) is 0 Å².